The normalized spacial score (nSPS) is 22.1. The second-order valence-electron chi connectivity index (χ2n) is 3.37. The minimum atomic E-state index is -4.11. The summed E-state index contributed by atoms with van der Waals surface area (Å²) in [5.41, 5.74) is 0. The van der Waals surface area contributed by atoms with E-state index in [0.717, 1.165) is 4.90 Å². The number of carbonyl (C=O) groups is 2. The average molecular weight is 237 g/mol. The lowest BCUT2D eigenvalue weighted by Gasteiger charge is -2.14. The van der Waals surface area contributed by atoms with Crippen LogP contribution in [-0.2, 0) is 19.7 Å². The molecule has 0 aromatic rings. The Morgan fingerprint density at radius 2 is 2.13 bits per heavy atom. The van der Waals surface area contributed by atoms with Crippen LogP contribution in [0.2, 0.25) is 0 Å². The Labute approximate surface area is 86.4 Å². The first-order valence-electron chi connectivity index (χ1n) is 4.25. The SMILES string of the molecule is O=C(O)C1CC(=O)N(CCS(=O)(=O)O)C1. The number of carboxylic acid groups (broad SMARTS) is 1. The van der Waals surface area contributed by atoms with E-state index in [4.69, 9.17) is 9.66 Å². The Bertz CT molecular complexity index is 375. The van der Waals surface area contributed by atoms with Crippen molar-refractivity contribution in [2.75, 3.05) is 18.8 Å². The topological polar surface area (TPSA) is 112 Å². The smallest absolute Gasteiger partial charge is 0.308 e. The van der Waals surface area contributed by atoms with Gasteiger partial charge in [-0.1, -0.05) is 0 Å². The molecule has 7 nitrogen and oxygen atoms in total. The van der Waals surface area contributed by atoms with Gasteiger partial charge in [0.25, 0.3) is 10.1 Å². The van der Waals surface area contributed by atoms with Crippen LogP contribution in [0.25, 0.3) is 0 Å². The van der Waals surface area contributed by atoms with Gasteiger partial charge in [0.05, 0.1) is 11.7 Å². The first kappa shape index (κ1) is 11.9. The number of amides is 1. The molecule has 0 bridgehead atoms. The average Bonchev–Trinajstić information content (AvgIpc) is 2.42. The molecule has 1 aliphatic rings. The van der Waals surface area contributed by atoms with Crippen molar-refractivity contribution in [2.45, 2.75) is 6.42 Å². The lowest BCUT2D eigenvalue weighted by Crippen LogP contribution is -2.31. The number of carboxylic acids is 1. The molecule has 0 radical (unpaired) electrons. The number of hydrogen-bond donors (Lipinski definition) is 2. The van der Waals surface area contributed by atoms with E-state index in [-0.39, 0.29) is 19.5 Å². The third-order valence-electron chi connectivity index (χ3n) is 2.18. The van der Waals surface area contributed by atoms with Gasteiger partial charge in [-0.25, -0.2) is 0 Å². The Kier molecular flexibility index (Phi) is 3.30. The van der Waals surface area contributed by atoms with Crippen LogP contribution in [0.15, 0.2) is 0 Å². The molecule has 0 aromatic heterocycles. The highest BCUT2D eigenvalue weighted by Gasteiger charge is 2.34. The van der Waals surface area contributed by atoms with Gasteiger partial charge >= 0.3 is 5.97 Å². The number of hydrogen-bond acceptors (Lipinski definition) is 4. The number of likely N-dealkylation sites (tertiary alicyclic amines) is 1. The minimum absolute atomic E-state index is 0.00366. The first-order valence-corrected chi connectivity index (χ1v) is 5.86. The quantitative estimate of drug-likeness (QED) is 0.594. The van der Waals surface area contributed by atoms with Gasteiger partial charge in [0.15, 0.2) is 0 Å². The van der Waals surface area contributed by atoms with Crippen molar-refractivity contribution in [3.8, 4) is 0 Å². The van der Waals surface area contributed by atoms with Crippen molar-refractivity contribution in [1.82, 2.24) is 4.90 Å². The summed E-state index contributed by atoms with van der Waals surface area (Å²) < 4.78 is 29.3. The second-order valence-corrected chi connectivity index (χ2v) is 4.94. The molecular formula is C7H11NO6S. The molecule has 0 saturated carbocycles. The summed E-state index contributed by atoms with van der Waals surface area (Å²) in [4.78, 5) is 22.9. The molecule has 1 amide bonds. The Balaban J connectivity index is 2.52. The first-order chi connectivity index (χ1) is 6.79. The van der Waals surface area contributed by atoms with Crippen LogP contribution in [0.4, 0.5) is 0 Å². The number of carbonyl (C=O) groups excluding carboxylic acids is 1. The maximum atomic E-state index is 11.2. The maximum absolute atomic E-state index is 11.2. The molecular weight excluding hydrogens is 226 g/mol. The lowest BCUT2D eigenvalue weighted by molar-refractivity contribution is -0.141. The molecule has 1 saturated heterocycles. The van der Waals surface area contributed by atoms with Crippen molar-refractivity contribution in [2.24, 2.45) is 5.92 Å². The van der Waals surface area contributed by atoms with Crippen LogP contribution in [0, 0.1) is 5.92 Å². The third kappa shape index (κ3) is 3.48. The summed E-state index contributed by atoms with van der Waals surface area (Å²) in [6, 6.07) is 0. The fourth-order valence-electron chi connectivity index (χ4n) is 1.38. The highest BCUT2D eigenvalue weighted by atomic mass is 32.2. The van der Waals surface area contributed by atoms with Crippen LogP contribution in [0.3, 0.4) is 0 Å². The fraction of sp³-hybridized carbons (Fsp3) is 0.714. The van der Waals surface area contributed by atoms with Gasteiger partial charge in [-0.3, -0.25) is 14.1 Å². The summed E-state index contributed by atoms with van der Waals surface area (Å²) in [5.74, 6) is -2.81. The summed E-state index contributed by atoms with van der Waals surface area (Å²) >= 11 is 0. The molecule has 1 atom stereocenters. The highest BCUT2D eigenvalue weighted by Crippen LogP contribution is 2.17. The maximum Gasteiger partial charge on any atom is 0.308 e. The summed E-state index contributed by atoms with van der Waals surface area (Å²) in [5, 5.41) is 8.63. The zero-order chi connectivity index (χ0) is 11.6. The zero-order valence-corrected chi connectivity index (χ0v) is 8.61. The van der Waals surface area contributed by atoms with Crippen molar-refractivity contribution in [3.05, 3.63) is 0 Å². The Morgan fingerprint density at radius 3 is 2.53 bits per heavy atom. The van der Waals surface area contributed by atoms with Crippen LogP contribution in [0.1, 0.15) is 6.42 Å². The molecule has 15 heavy (non-hydrogen) atoms. The predicted octanol–water partition coefficient (Wildman–Crippen LogP) is -1.19. The van der Waals surface area contributed by atoms with Crippen LogP contribution in [0.5, 0.6) is 0 Å². The van der Waals surface area contributed by atoms with E-state index in [0.29, 0.717) is 0 Å². The van der Waals surface area contributed by atoms with Crippen molar-refractivity contribution >= 4 is 22.0 Å². The Morgan fingerprint density at radius 1 is 1.53 bits per heavy atom. The molecule has 86 valence electrons. The minimum Gasteiger partial charge on any atom is -0.481 e. The molecule has 1 fully saturated rings. The molecule has 1 unspecified atom stereocenters. The fourth-order valence-corrected chi connectivity index (χ4v) is 1.83. The van der Waals surface area contributed by atoms with Gasteiger partial charge in [0.1, 0.15) is 0 Å². The van der Waals surface area contributed by atoms with Gasteiger partial charge < -0.3 is 10.0 Å². The molecule has 1 aliphatic heterocycles. The van der Waals surface area contributed by atoms with E-state index in [1.807, 2.05) is 0 Å². The molecule has 0 aromatic carbocycles. The highest BCUT2D eigenvalue weighted by molar-refractivity contribution is 7.85. The van der Waals surface area contributed by atoms with Crippen molar-refractivity contribution in [3.63, 3.8) is 0 Å². The number of nitrogens with zero attached hydrogens (tertiary/aromatic N) is 1. The molecule has 2 N–H and O–H groups in total. The van der Waals surface area contributed by atoms with Crippen LogP contribution >= 0.6 is 0 Å². The van der Waals surface area contributed by atoms with E-state index in [2.05, 4.69) is 0 Å². The Hall–Kier alpha value is -1.15. The second kappa shape index (κ2) is 4.15. The van der Waals surface area contributed by atoms with Gasteiger partial charge in [-0.05, 0) is 0 Å². The van der Waals surface area contributed by atoms with E-state index in [9.17, 15) is 18.0 Å². The lowest BCUT2D eigenvalue weighted by atomic mass is 10.1. The van der Waals surface area contributed by atoms with E-state index in [1.54, 1.807) is 0 Å². The summed E-state index contributed by atoms with van der Waals surface area (Å²) in [7, 11) is -4.11. The molecule has 0 spiro atoms. The standard InChI is InChI=1S/C7H11NO6S/c9-6-3-5(7(10)11)4-8(6)1-2-15(12,13)14/h5H,1-4H2,(H,10,11)(H,12,13,14). The van der Waals surface area contributed by atoms with Crippen LogP contribution in [-0.4, -0.2) is 53.7 Å². The summed E-state index contributed by atoms with van der Waals surface area (Å²) in [6.45, 7) is -0.162. The van der Waals surface area contributed by atoms with E-state index >= 15 is 0 Å². The molecule has 8 heteroatoms. The van der Waals surface area contributed by atoms with Crippen LogP contribution < -0.4 is 0 Å². The van der Waals surface area contributed by atoms with Crippen molar-refractivity contribution in [1.29, 1.82) is 0 Å². The van der Waals surface area contributed by atoms with Gasteiger partial charge in [0, 0.05) is 19.5 Å². The molecule has 0 aliphatic carbocycles. The monoisotopic (exact) mass is 237 g/mol. The molecule has 1 heterocycles. The predicted molar refractivity (Wildman–Crippen MR) is 48.7 cm³/mol. The number of rotatable bonds is 4. The van der Waals surface area contributed by atoms with Gasteiger partial charge in [-0.15, -0.1) is 0 Å². The summed E-state index contributed by atoms with van der Waals surface area (Å²) in [6.07, 6.45) is -0.110. The largest absolute Gasteiger partial charge is 0.481 e. The van der Waals surface area contributed by atoms with E-state index < -0.39 is 33.7 Å². The third-order valence-corrected chi connectivity index (χ3v) is 2.88. The zero-order valence-electron chi connectivity index (χ0n) is 7.79. The number of aliphatic carboxylic acids is 1. The van der Waals surface area contributed by atoms with E-state index in [1.165, 1.54) is 0 Å². The van der Waals surface area contributed by atoms with Crippen molar-refractivity contribution < 1.29 is 27.7 Å². The van der Waals surface area contributed by atoms with Gasteiger partial charge in [0.2, 0.25) is 5.91 Å². The molecule has 1 rings (SSSR count). The van der Waals surface area contributed by atoms with Gasteiger partial charge in [-0.2, -0.15) is 8.42 Å².